The number of ether oxygens (including phenoxy) is 1. The molecular formula is C16H13Cl2N3O2. The van der Waals surface area contributed by atoms with E-state index in [4.69, 9.17) is 32.5 Å². The molecule has 0 radical (unpaired) electrons. The van der Waals surface area contributed by atoms with Gasteiger partial charge in [0.05, 0.1) is 23.7 Å². The van der Waals surface area contributed by atoms with Gasteiger partial charge in [-0.15, -0.1) is 0 Å². The molecule has 0 aliphatic carbocycles. The van der Waals surface area contributed by atoms with Crippen molar-refractivity contribution >= 4 is 28.9 Å². The lowest BCUT2D eigenvalue weighted by molar-refractivity contribution is 0.384. The minimum Gasteiger partial charge on any atom is -0.497 e. The fourth-order valence-corrected chi connectivity index (χ4v) is 2.27. The molecule has 5 nitrogen and oxygen atoms in total. The molecule has 2 aromatic carbocycles. The maximum absolute atomic E-state index is 5.97. The van der Waals surface area contributed by atoms with Crippen LogP contribution < -0.4 is 10.1 Å². The van der Waals surface area contributed by atoms with Crippen LogP contribution in [-0.2, 0) is 6.54 Å². The van der Waals surface area contributed by atoms with Gasteiger partial charge in [-0.1, -0.05) is 28.4 Å². The highest BCUT2D eigenvalue weighted by Gasteiger charge is 2.09. The summed E-state index contributed by atoms with van der Waals surface area (Å²) in [6, 6.07) is 12.7. The minimum absolute atomic E-state index is 0.390. The first kappa shape index (κ1) is 15.6. The maximum Gasteiger partial charge on any atom is 0.246 e. The Balaban J connectivity index is 1.67. The van der Waals surface area contributed by atoms with E-state index in [-0.39, 0.29) is 0 Å². The van der Waals surface area contributed by atoms with Crippen molar-refractivity contribution in [2.45, 2.75) is 6.54 Å². The highest BCUT2D eigenvalue weighted by molar-refractivity contribution is 6.42. The molecule has 0 spiro atoms. The molecule has 0 saturated carbocycles. The van der Waals surface area contributed by atoms with Gasteiger partial charge in [-0.3, -0.25) is 0 Å². The SMILES string of the molecule is COc1ccc(-c2noc(CNc3ccc(Cl)c(Cl)c3)n2)cc1. The van der Waals surface area contributed by atoms with Crippen molar-refractivity contribution in [3.8, 4) is 17.1 Å². The highest BCUT2D eigenvalue weighted by atomic mass is 35.5. The quantitative estimate of drug-likeness (QED) is 0.725. The number of benzene rings is 2. The zero-order valence-electron chi connectivity index (χ0n) is 12.2. The number of hydrogen-bond donors (Lipinski definition) is 1. The molecule has 3 rings (SSSR count). The summed E-state index contributed by atoms with van der Waals surface area (Å²) in [7, 11) is 1.62. The third kappa shape index (κ3) is 3.75. The Bertz CT molecular complexity index is 803. The smallest absolute Gasteiger partial charge is 0.246 e. The summed E-state index contributed by atoms with van der Waals surface area (Å²) in [6.45, 7) is 0.390. The second-order valence-corrected chi connectivity index (χ2v) is 5.54. The van der Waals surface area contributed by atoms with Crippen LogP contribution in [0.3, 0.4) is 0 Å². The predicted molar refractivity (Wildman–Crippen MR) is 90.1 cm³/mol. The molecule has 0 atom stereocenters. The van der Waals surface area contributed by atoms with E-state index in [2.05, 4.69) is 15.5 Å². The van der Waals surface area contributed by atoms with Gasteiger partial charge in [0.15, 0.2) is 0 Å². The number of aromatic nitrogens is 2. The lowest BCUT2D eigenvalue weighted by Gasteiger charge is -2.04. The van der Waals surface area contributed by atoms with Crippen LogP contribution in [0.1, 0.15) is 5.89 Å². The Morgan fingerprint density at radius 2 is 1.87 bits per heavy atom. The fourth-order valence-electron chi connectivity index (χ4n) is 1.97. The average Bonchev–Trinajstić information content (AvgIpc) is 3.05. The maximum atomic E-state index is 5.97. The van der Waals surface area contributed by atoms with Crippen molar-refractivity contribution in [3.05, 3.63) is 58.4 Å². The van der Waals surface area contributed by atoms with Crippen LogP contribution in [-0.4, -0.2) is 17.3 Å². The molecule has 1 aromatic heterocycles. The van der Waals surface area contributed by atoms with E-state index in [0.717, 1.165) is 17.0 Å². The van der Waals surface area contributed by atoms with Crippen molar-refractivity contribution in [3.63, 3.8) is 0 Å². The Morgan fingerprint density at radius 1 is 1.09 bits per heavy atom. The number of nitrogens with zero attached hydrogens (tertiary/aromatic N) is 2. The average molecular weight is 350 g/mol. The van der Waals surface area contributed by atoms with Crippen molar-refractivity contribution in [1.82, 2.24) is 10.1 Å². The highest BCUT2D eigenvalue weighted by Crippen LogP contribution is 2.25. The van der Waals surface area contributed by atoms with Crippen molar-refractivity contribution in [2.75, 3.05) is 12.4 Å². The van der Waals surface area contributed by atoms with Gasteiger partial charge in [0.25, 0.3) is 0 Å². The van der Waals surface area contributed by atoms with Crippen molar-refractivity contribution in [2.24, 2.45) is 0 Å². The number of halogens is 2. The van der Waals surface area contributed by atoms with Gasteiger partial charge in [0, 0.05) is 11.3 Å². The molecule has 0 aliphatic heterocycles. The van der Waals surface area contributed by atoms with Gasteiger partial charge in [0.1, 0.15) is 5.75 Å². The Hall–Kier alpha value is -2.24. The monoisotopic (exact) mass is 349 g/mol. The first-order valence-electron chi connectivity index (χ1n) is 6.81. The van der Waals surface area contributed by atoms with Crippen LogP contribution in [0.4, 0.5) is 5.69 Å². The van der Waals surface area contributed by atoms with E-state index in [1.165, 1.54) is 0 Å². The standard InChI is InChI=1S/C16H13Cl2N3O2/c1-22-12-5-2-10(3-6-12)16-20-15(23-21-16)9-19-11-4-7-13(17)14(18)8-11/h2-8,19H,9H2,1H3. The molecule has 1 N–H and O–H groups in total. The topological polar surface area (TPSA) is 60.2 Å². The van der Waals surface area contributed by atoms with Crippen LogP contribution in [0.15, 0.2) is 47.0 Å². The molecule has 1 heterocycles. The normalized spacial score (nSPS) is 10.6. The van der Waals surface area contributed by atoms with E-state index in [0.29, 0.717) is 28.3 Å². The second kappa shape index (κ2) is 6.89. The van der Waals surface area contributed by atoms with Crippen LogP contribution in [0, 0.1) is 0 Å². The molecule has 0 unspecified atom stereocenters. The molecule has 0 aliphatic rings. The summed E-state index contributed by atoms with van der Waals surface area (Å²) in [5.41, 5.74) is 1.68. The Kier molecular flexibility index (Phi) is 4.69. The molecule has 0 amide bonds. The van der Waals surface area contributed by atoms with Crippen LogP contribution in [0.25, 0.3) is 11.4 Å². The Labute approximate surface area is 143 Å². The number of rotatable bonds is 5. The Morgan fingerprint density at radius 3 is 2.57 bits per heavy atom. The molecular weight excluding hydrogens is 337 g/mol. The summed E-state index contributed by atoms with van der Waals surface area (Å²) >= 11 is 11.9. The van der Waals surface area contributed by atoms with E-state index in [1.54, 1.807) is 19.2 Å². The summed E-state index contributed by atoms with van der Waals surface area (Å²) in [5, 5.41) is 8.12. The van der Waals surface area contributed by atoms with Gasteiger partial charge in [0.2, 0.25) is 11.7 Å². The molecule has 7 heteroatoms. The van der Waals surface area contributed by atoms with E-state index in [9.17, 15) is 0 Å². The van der Waals surface area contributed by atoms with Crippen LogP contribution >= 0.6 is 23.2 Å². The molecule has 3 aromatic rings. The minimum atomic E-state index is 0.390. The molecule has 118 valence electrons. The van der Waals surface area contributed by atoms with E-state index >= 15 is 0 Å². The molecule has 0 saturated heterocycles. The van der Waals surface area contributed by atoms with Gasteiger partial charge >= 0.3 is 0 Å². The van der Waals surface area contributed by atoms with Gasteiger partial charge in [-0.2, -0.15) is 4.98 Å². The zero-order chi connectivity index (χ0) is 16.2. The van der Waals surface area contributed by atoms with E-state index in [1.807, 2.05) is 30.3 Å². The molecule has 23 heavy (non-hydrogen) atoms. The number of hydrogen-bond acceptors (Lipinski definition) is 5. The summed E-state index contributed by atoms with van der Waals surface area (Å²) in [5.74, 6) is 1.78. The lowest BCUT2D eigenvalue weighted by Crippen LogP contribution is -1.99. The second-order valence-electron chi connectivity index (χ2n) is 4.72. The predicted octanol–water partition coefficient (Wildman–Crippen LogP) is 4.66. The lowest BCUT2D eigenvalue weighted by atomic mass is 10.2. The number of anilines is 1. The molecule has 0 bridgehead atoms. The summed E-state index contributed by atoms with van der Waals surface area (Å²) in [4.78, 5) is 4.35. The third-order valence-corrected chi connectivity index (χ3v) is 3.92. The van der Waals surface area contributed by atoms with Crippen molar-refractivity contribution < 1.29 is 9.26 Å². The first-order chi connectivity index (χ1) is 11.2. The largest absolute Gasteiger partial charge is 0.497 e. The van der Waals surface area contributed by atoms with Crippen LogP contribution in [0.5, 0.6) is 5.75 Å². The molecule has 0 fully saturated rings. The number of methoxy groups -OCH3 is 1. The number of nitrogens with one attached hydrogen (secondary N) is 1. The van der Waals surface area contributed by atoms with Gasteiger partial charge in [-0.05, 0) is 42.5 Å². The fraction of sp³-hybridized carbons (Fsp3) is 0.125. The van der Waals surface area contributed by atoms with E-state index < -0.39 is 0 Å². The third-order valence-electron chi connectivity index (χ3n) is 3.18. The summed E-state index contributed by atoms with van der Waals surface area (Å²) < 4.78 is 10.4. The zero-order valence-corrected chi connectivity index (χ0v) is 13.7. The van der Waals surface area contributed by atoms with Gasteiger partial charge < -0.3 is 14.6 Å². The van der Waals surface area contributed by atoms with Crippen molar-refractivity contribution in [1.29, 1.82) is 0 Å². The van der Waals surface area contributed by atoms with Crippen LogP contribution in [0.2, 0.25) is 10.0 Å². The van der Waals surface area contributed by atoms with Gasteiger partial charge in [-0.25, -0.2) is 0 Å². The first-order valence-corrected chi connectivity index (χ1v) is 7.57. The summed E-state index contributed by atoms with van der Waals surface area (Å²) in [6.07, 6.45) is 0.